The number of carbonyl (C=O) groups is 1. The number of ether oxygens (including phenoxy) is 1. The number of methoxy groups -OCH3 is 1. The van der Waals surface area contributed by atoms with Crippen molar-refractivity contribution in [2.24, 2.45) is 0 Å². The van der Waals surface area contributed by atoms with Gasteiger partial charge < -0.3 is 15.0 Å². The number of benzene rings is 1. The van der Waals surface area contributed by atoms with Crippen LogP contribution in [0.1, 0.15) is 21.8 Å². The molecule has 27 heavy (non-hydrogen) atoms. The molecule has 3 rings (SSSR count). The summed E-state index contributed by atoms with van der Waals surface area (Å²) >= 11 is 1.34. The molecule has 0 bridgehead atoms. The number of nitrogens with one attached hydrogen (secondary N) is 1. The van der Waals surface area contributed by atoms with Crippen molar-refractivity contribution in [2.75, 3.05) is 39.7 Å². The average molecular weight is 390 g/mol. The Labute approximate surface area is 161 Å². The van der Waals surface area contributed by atoms with Crippen molar-refractivity contribution in [1.82, 2.24) is 14.3 Å². The first-order chi connectivity index (χ1) is 12.9. The minimum atomic E-state index is -0.311. The van der Waals surface area contributed by atoms with Crippen molar-refractivity contribution in [3.05, 3.63) is 40.7 Å². The minimum Gasteiger partial charge on any atom is -0.385 e. The fourth-order valence-electron chi connectivity index (χ4n) is 2.87. The number of amides is 1. The molecule has 2 heterocycles. The first-order valence-corrected chi connectivity index (χ1v) is 9.48. The predicted molar refractivity (Wildman–Crippen MR) is 106 cm³/mol. The summed E-state index contributed by atoms with van der Waals surface area (Å²) in [6.07, 6.45) is 0.818. The van der Waals surface area contributed by atoms with E-state index < -0.39 is 0 Å². The van der Waals surface area contributed by atoms with E-state index in [-0.39, 0.29) is 11.7 Å². The number of hydrogen-bond acceptors (Lipinski definition) is 5. The highest BCUT2D eigenvalue weighted by Gasteiger charge is 2.23. The second-order valence-corrected chi connectivity index (χ2v) is 7.40. The zero-order valence-electron chi connectivity index (χ0n) is 15.9. The molecule has 0 atom stereocenters. The van der Waals surface area contributed by atoms with Gasteiger partial charge in [0.15, 0.2) is 4.96 Å². The van der Waals surface area contributed by atoms with Crippen LogP contribution in [0.2, 0.25) is 0 Å². The molecule has 1 aromatic carbocycles. The minimum absolute atomic E-state index is 0.0550. The van der Waals surface area contributed by atoms with E-state index in [1.54, 1.807) is 32.2 Å². The SMILES string of the molecule is COCCCNc1c(-c2cccc(F)c2)nc2sc(C(=O)N(C)C)c(C)n12. The number of aromatic nitrogens is 2. The van der Waals surface area contributed by atoms with Crippen LogP contribution in [0.5, 0.6) is 0 Å². The Morgan fingerprint density at radius 3 is 2.85 bits per heavy atom. The van der Waals surface area contributed by atoms with Gasteiger partial charge in [0.2, 0.25) is 0 Å². The van der Waals surface area contributed by atoms with Gasteiger partial charge in [-0.15, -0.1) is 0 Å². The van der Waals surface area contributed by atoms with E-state index in [0.717, 1.165) is 17.9 Å². The van der Waals surface area contributed by atoms with Gasteiger partial charge in [-0.1, -0.05) is 23.5 Å². The standard InChI is InChI=1S/C19H23FN4O2S/c1-12-16(18(25)23(2)3)27-19-22-15(13-7-5-8-14(20)11-13)17(24(12)19)21-9-6-10-26-4/h5,7-8,11,21H,6,9-10H2,1-4H3. The zero-order valence-corrected chi connectivity index (χ0v) is 16.7. The predicted octanol–water partition coefficient (Wildman–Crippen LogP) is 3.66. The van der Waals surface area contributed by atoms with Crippen molar-refractivity contribution in [2.45, 2.75) is 13.3 Å². The van der Waals surface area contributed by atoms with Crippen LogP contribution in [0, 0.1) is 12.7 Å². The van der Waals surface area contributed by atoms with Crippen LogP contribution >= 0.6 is 11.3 Å². The van der Waals surface area contributed by atoms with Crippen LogP contribution in [0.25, 0.3) is 16.2 Å². The van der Waals surface area contributed by atoms with Crippen LogP contribution in [-0.2, 0) is 4.74 Å². The number of halogens is 1. The molecule has 0 unspecified atom stereocenters. The Balaban J connectivity index is 2.10. The van der Waals surface area contributed by atoms with Gasteiger partial charge in [0.25, 0.3) is 5.91 Å². The number of rotatable bonds is 7. The van der Waals surface area contributed by atoms with Crippen molar-refractivity contribution in [3.63, 3.8) is 0 Å². The topological polar surface area (TPSA) is 58.9 Å². The first-order valence-electron chi connectivity index (χ1n) is 8.66. The van der Waals surface area contributed by atoms with Gasteiger partial charge in [0.1, 0.15) is 22.2 Å². The van der Waals surface area contributed by atoms with Crippen LogP contribution < -0.4 is 5.32 Å². The number of carbonyl (C=O) groups excluding carboxylic acids is 1. The lowest BCUT2D eigenvalue weighted by Crippen LogP contribution is -2.21. The second kappa shape index (κ2) is 8.06. The fourth-order valence-corrected chi connectivity index (χ4v) is 4.02. The molecule has 1 amide bonds. The highest BCUT2D eigenvalue weighted by molar-refractivity contribution is 7.19. The number of anilines is 1. The van der Waals surface area contributed by atoms with Gasteiger partial charge in [-0.2, -0.15) is 0 Å². The van der Waals surface area contributed by atoms with E-state index in [4.69, 9.17) is 9.72 Å². The molecular formula is C19H23FN4O2S. The zero-order chi connectivity index (χ0) is 19.6. The maximum Gasteiger partial charge on any atom is 0.265 e. The Morgan fingerprint density at radius 1 is 1.41 bits per heavy atom. The van der Waals surface area contributed by atoms with Crippen molar-refractivity contribution in [3.8, 4) is 11.3 Å². The molecule has 0 saturated heterocycles. The molecule has 0 saturated carbocycles. The highest BCUT2D eigenvalue weighted by atomic mass is 32.1. The number of thiazole rings is 1. The van der Waals surface area contributed by atoms with Crippen LogP contribution in [0.4, 0.5) is 10.2 Å². The molecule has 0 aliphatic rings. The van der Waals surface area contributed by atoms with E-state index in [9.17, 15) is 9.18 Å². The Bertz CT molecular complexity index is 964. The van der Waals surface area contributed by atoms with Gasteiger partial charge in [-0.05, 0) is 25.5 Å². The molecule has 0 aliphatic carbocycles. The summed E-state index contributed by atoms with van der Waals surface area (Å²) < 4.78 is 20.8. The van der Waals surface area contributed by atoms with Crippen LogP contribution in [-0.4, -0.2) is 54.5 Å². The normalized spacial score (nSPS) is 11.1. The lowest BCUT2D eigenvalue weighted by molar-refractivity contribution is 0.0831. The van der Waals surface area contributed by atoms with E-state index in [2.05, 4.69) is 5.32 Å². The molecule has 2 aromatic heterocycles. The molecule has 0 spiro atoms. The number of hydrogen-bond donors (Lipinski definition) is 1. The summed E-state index contributed by atoms with van der Waals surface area (Å²) in [7, 11) is 5.12. The number of aryl methyl sites for hydroxylation is 1. The third kappa shape index (κ3) is 3.81. The lowest BCUT2D eigenvalue weighted by Gasteiger charge is -2.11. The van der Waals surface area contributed by atoms with Gasteiger partial charge >= 0.3 is 0 Å². The van der Waals surface area contributed by atoms with E-state index >= 15 is 0 Å². The monoisotopic (exact) mass is 390 g/mol. The number of imidazole rings is 1. The third-order valence-corrected chi connectivity index (χ3v) is 5.35. The molecule has 1 N–H and O–H groups in total. The van der Waals surface area contributed by atoms with Crippen molar-refractivity contribution >= 4 is 28.0 Å². The van der Waals surface area contributed by atoms with E-state index in [0.29, 0.717) is 34.2 Å². The fraction of sp³-hybridized carbons (Fsp3) is 0.368. The third-order valence-electron chi connectivity index (χ3n) is 4.22. The molecule has 0 fully saturated rings. The molecule has 0 radical (unpaired) electrons. The highest BCUT2D eigenvalue weighted by Crippen LogP contribution is 2.35. The Hall–Kier alpha value is -2.45. The van der Waals surface area contributed by atoms with Crippen LogP contribution in [0.15, 0.2) is 24.3 Å². The smallest absolute Gasteiger partial charge is 0.265 e. The molecular weight excluding hydrogens is 367 g/mol. The van der Waals surface area contributed by atoms with Gasteiger partial charge in [0, 0.05) is 45.6 Å². The molecule has 144 valence electrons. The van der Waals surface area contributed by atoms with Gasteiger partial charge in [-0.3, -0.25) is 9.20 Å². The van der Waals surface area contributed by atoms with Crippen LogP contribution in [0.3, 0.4) is 0 Å². The lowest BCUT2D eigenvalue weighted by atomic mass is 10.1. The summed E-state index contributed by atoms with van der Waals surface area (Å²) in [5.74, 6) is 0.397. The Kier molecular flexibility index (Phi) is 5.76. The summed E-state index contributed by atoms with van der Waals surface area (Å²) in [5.41, 5.74) is 2.18. The largest absolute Gasteiger partial charge is 0.385 e. The number of nitrogens with zero attached hydrogens (tertiary/aromatic N) is 3. The summed E-state index contributed by atoms with van der Waals surface area (Å²) in [4.78, 5) is 20.0. The molecule has 3 aromatic rings. The van der Waals surface area contributed by atoms with E-state index in [1.165, 1.54) is 23.5 Å². The first kappa shape index (κ1) is 19.3. The average Bonchev–Trinajstić information content (AvgIpc) is 3.15. The molecule has 8 heteroatoms. The van der Waals surface area contributed by atoms with Gasteiger partial charge in [-0.25, -0.2) is 9.37 Å². The molecule has 6 nitrogen and oxygen atoms in total. The maximum absolute atomic E-state index is 13.7. The summed E-state index contributed by atoms with van der Waals surface area (Å²) in [6.45, 7) is 3.21. The maximum atomic E-state index is 13.7. The summed E-state index contributed by atoms with van der Waals surface area (Å²) in [6, 6.07) is 6.37. The van der Waals surface area contributed by atoms with E-state index in [1.807, 2.05) is 17.4 Å². The Morgan fingerprint density at radius 2 is 2.19 bits per heavy atom. The quantitative estimate of drug-likeness (QED) is 0.626. The second-order valence-electron chi connectivity index (χ2n) is 6.43. The van der Waals surface area contributed by atoms with Gasteiger partial charge in [0.05, 0.1) is 0 Å². The van der Waals surface area contributed by atoms with Crippen molar-refractivity contribution < 1.29 is 13.9 Å². The van der Waals surface area contributed by atoms with Crippen molar-refractivity contribution in [1.29, 1.82) is 0 Å². The number of fused-ring (bicyclic) bond motifs is 1. The summed E-state index contributed by atoms with van der Waals surface area (Å²) in [5, 5.41) is 3.39. The molecule has 0 aliphatic heterocycles.